The maximum Gasteiger partial charge on any atom is 0.350 e. The number of rotatable bonds is 6. The molecule has 3 heterocycles. The Hall–Kier alpha value is -2.13. The fourth-order valence-corrected chi connectivity index (χ4v) is 3.51. The van der Waals surface area contributed by atoms with E-state index in [2.05, 4.69) is 20.3 Å². The number of nitrogens with zero attached hydrogens (tertiary/aromatic N) is 3. The van der Waals surface area contributed by atoms with Crippen molar-refractivity contribution in [2.45, 2.75) is 26.3 Å². The quantitative estimate of drug-likeness (QED) is 0.739. The van der Waals surface area contributed by atoms with E-state index >= 15 is 0 Å². The second-order valence-corrected chi connectivity index (χ2v) is 6.88. The number of aromatic amines is 1. The molecule has 0 bridgehead atoms. The highest BCUT2D eigenvalue weighted by Gasteiger charge is 2.31. The maximum absolute atomic E-state index is 12.2. The third kappa shape index (κ3) is 3.77. The van der Waals surface area contributed by atoms with E-state index in [4.69, 9.17) is 16.3 Å². The van der Waals surface area contributed by atoms with Crippen molar-refractivity contribution in [3.8, 4) is 0 Å². The van der Waals surface area contributed by atoms with Crippen LogP contribution in [0.25, 0.3) is 0 Å². The van der Waals surface area contributed by atoms with Gasteiger partial charge in [0.15, 0.2) is 16.1 Å². The first kappa shape index (κ1) is 17.7. The van der Waals surface area contributed by atoms with Crippen molar-refractivity contribution >= 4 is 39.9 Å². The summed E-state index contributed by atoms with van der Waals surface area (Å²) in [5.74, 6) is -0.421. The average molecular weight is 384 g/mol. The second kappa shape index (κ2) is 7.40. The van der Waals surface area contributed by atoms with Gasteiger partial charge >= 0.3 is 5.97 Å². The first-order valence-corrected chi connectivity index (χ1v) is 9.14. The summed E-state index contributed by atoms with van der Waals surface area (Å²) in [6.07, 6.45) is 2.20. The van der Waals surface area contributed by atoms with Gasteiger partial charge in [0, 0.05) is 13.1 Å². The number of thiazole rings is 1. The Balaban J connectivity index is 1.52. The zero-order chi connectivity index (χ0) is 18.0. The van der Waals surface area contributed by atoms with Gasteiger partial charge in [0.2, 0.25) is 0 Å². The van der Waals surface area contributed by atoms with Crippen LogP contribution < -0.4 is 10.2 Å². The molecule has 134 valence electrons. The van der Waals surface area contributed by atoms with E-state index in [9.17, 15) is 9.59 Å². The Morgan fingerprint density at radius 1 is 1.48 bits per heavy atom. The molecule has 1 fully saturated rings. The Morgan fingerprint density at radius 2 is 2.24 bits per heavy atom. The number of halogens is 1. The van der Waals surface area contributed by atoms with Gasteiger partial charge in [-0.1, -0.05) is 29.9 Å². The van der Waals surface area contributed by atoms with Gasteiger partial charge in [0.1, 0.15) is 4.88 Å². The highest BCUT2D eigenvalue weighted by molar-refractivity contribution is 7.17. The largest absolute Gasteiger partial charge is 0.462 e. The number of imidazole rings is 1. The van der Waals surface area contributed by atoms with Gasteiger partial charge in [-0.25, -0.2) is 14.8 Å². The molecule has 0 spiro atoms. The van der Waals surface area contributed by atoms with E-state index in [1.165, 1.54) is 17.5 Å². The van der Waals surface area contributed by atoms with Gasteiger partial charge < -0.3 is 19.9 Å². The van der Waals surface area contributed by atoms with Crippen LogP contribution in [-0.2, 0) is 11.2 Å². The topological polar surface area (TPSA) is 100 Å². The summed E-state index contributed by atoms with van der Waals surface area (Å²) in [6, 6.07) is -0.00334. The second-order valence-electron chi connectivity index (χ2n) is 5.51. The highest BCUT2D eigenvalue weighted by atomic mass is 35.5. The van der Waals surface area contributed by atoms with Crippen LogP contribution in [-0.4, -0.2) is 52.6 Å². The van der Waals surface area contributed by atoms with Crippen LogP contribution in [0.3, 0.4) is 0 Å². The van der Waals surface area contributed by atoms with E-state index in [0.717, 1.165) is 10.8 Å². The summed E-state index contributed by atoms with van der Waals surface area (Å²) in [6.45, 7) is 5.27. The molecule has 0 radical (unpaired) electrons. The Bertz CT molecular complexity index is 784. The van der Waals surface area contributed by atoms with Crippen LogP contribution >= 0.6 is 22.9 Å². The number of nitrogens with one attached hydrogen (secondary N) is 2. The number of esters is 1. The normalized spacial score (nSPS) is 14.3. The predicted octanol–water partition coefficient (Wildman–Crippen LogP) is 1.88. The van der Waals surface area contributed by atoms with Crippen LogP contribution in [0.2, 0.25) is 5.15 Å². The molecule has 0 aliphatic carbocycles. The minimum absolute atomic E-state index is 0.00334. The Kier molecular flexibility index (Phi) is 5.24. The molecule has 1 amide bonds. The van der Waals surface area contributed by atoms with E-state index in [1.54, 1.807) is 6.92 Å². The zero-order valence-corrected chi connectivity index (χ0v) is 15.4. The number of aromatic nitrogens is 3. The number of hydrogen-bond donors (Lipinski definition) is 2. The number of aryl methyl sites for hydroxylation is 1. The molecular formula is C15H18ClN5O3S. The lowest BCUT2D eigenvalue weighted by molar-refractivity contribution is 0.0531. The van der Waals surface area contributed by atoms with Crippen molar-refractivity contribution in [2.75, 3.05) is 24.6 Å². The summed E-state index contributed by atoms with van der Waals surface area (Å²) < 4.78 is 4.95. The van der Waals surface area contributed by atoms with E-state index in [-0.39, 0.29) is 23.7 Å². The first-order valence-electron chi connectivity index (χ1n) is 7.94. The van der Waals surface area contributed by atoms with Crippen molar-refractivity contribution in [1.82, 2.24) is 20.3 Å². The van der Waals surface area contributed by atoms with Crippen LogP contribution in [0.1, 0.15) is 39.8 Å². The molecule has 0 atom stereocenters. The molecular weight excluding hydrogens is 366 g/mol. The summed E-state index contributed by atoms with van der Waals surface area (Å²) in [4.78, 5) is 37.5. The van der Waals surface area contributed by atoms with Gasteiger partial charge in [0.25, 0.3) is 5.91 Å². The molecule has 2 aromatic rings. The smallest absolute Gasteiger partial charge is 0.350 e. The van der Waals surface area contributed by atoms with Crippen molar-refractivity contribution in [3.63, 3.8) is 0 Å². The number of hydrogen-bond acceptors (Lipinski definition) is 7. The molecule has 3 rings (SSSR count). The lowest BCUT2D eigenvalue weighted by Crippen LogP contribution is -2.59. The molecule has 0 saturated carbocycles. The minimum Gasteiger partial charge on any atom is -0.462 e. The molecule has 2 aromatic heterocycles. The zero-order valence-electron chi connectivity index (χ0n) is 13.8. The lowest BCUT2D eigenvalue weighted by atomic mass is 10.1. The standard InChI is InChI=1S/C15H18ClN5O3S/c1-3-9-11(16)20-12(19-9)13(22)18-8-6-21(7-8)15-17-5-10(25-15)14(23)24-4-2/h5,8H,3-4,6-7H2,1-2H3,(H,18,22)(H,19,20). The molecule has 25 heavy (non-hydrogen) atoms. The number of ether oxygens (including phenoxy) is 1. The molecule has 1 aliphatic heterocycles. The number of carbonyl (C=O) groups is 2. The molecule has 0 aromatic carbocycles. The number of amides is 1. The van der Waals surface area contributed by atoms with Gasteiger partial charge in [-0.05, 0) is 13.3 Å². The SMILES string of the molecule is CCOC(=O)c1cnc(N2CC(NC(=O)c3nc(Cl)c(CC)[nH]3)C2)s1. The fraction of sp³-hybridized carbons (Fsp3) is 0.467. The molecule has 8 nitrogen and oxygen atoms in total. The number of carbonyl (C=O) groups excluding carboxylic acids is 2. The summed E-state index contributed by atoms with van der Waals surface area (Å²) >= 11 is 7.23. The average Bonchev–Trinajstić information content (AvgIpc) is 3.17. The number of H-pyrrole nitrogens is 1. The first-order chi connectivity index (χ1) is 12.0. The van der Waals surface area contributed by atoms with Crippen molar-refractivity contribution in [2.24, 2.45) is 0 Å². The van der Waals surface area contributed by atoms with Crippen molar-refractivity contribution in [3.05, 3.63) is 27.7 Å². The lowest BCUT2D eigenvalue weighted by Gasteiger charge is -2.39. The third-order valence-corrected chi connectivity index (χ3v) is 5.11. The van der Waals surface area contributed by atoms with Crippen molar-refractivity contribution < 1.29 is 14.3 Å². The van der Waals surface area contributed by atoms with E-state index in [0.29, 0.717) is 36.1 Å². The van der Waals surface area contributed by atoms with Crippen LogP contribution in [0.15, 0.2) is 6.20 Å². The number of anilines is 1. The molecule has 10 heteroatoms. The van der Waals surface area contributed by atoms with Gasteiger partial charge in [-0.2, -0.15) is 0 Å². The molecule has 0 unspecified atom stereocenters. The van der Waals surface area contributed by atoms with Gasteiger partial charge in [-0.3, -0.25) is 4.79 Å². The molecule has 1 saturated heterocycles. The summed E-state index contributed by atoms with van der Waals surface area (Å²) in [5, 5.41) is 3.97. The van der Waals surface area contributed by atoms with Gasteiger partial charge in [-0.15, -0.1) is 0 Å². The van der Waals surface area contributed by atoms with Crippen LogP contribution in [0, 0.1) is 0 Å². The predicted molar refractivity (Wildman–Crippen MR) is 94.5 cm³/mol. The molecule has 2 N–H and O–H groups in total. The summed E-state index contributed by atoms with van der Waals surface area (Å²) in [5.41, 5.74) is 0.747. The minimum atomic E-state index is -0.363. The van der Waals surface area contributed by atoms with Crippen LogP contribution in [0.5, 0.6) is 0 Å². The monoisotopic (exact) mass is 383 g/mol. The van der Waals surface area contributed by atoms with E-state index < -0.39 is 0 Å². The summed E-state index contributed by atoms with van der Waals surface area (Å²) in [7, 11) is 0. The Labute approximate surface area is 153 Å². The van der Waals surface area contributed by atoms with Gasteiger partial charge in [0.05, 0.1) is 24.5 Å². The third-order valence-electron chi connectivity index (χ3n) is 3.75. The highest BCUT2D eigenvalue weighted by Crippen LogP contribution is 2.27. The van der Waals surface area contributed by atoms with E-state index in [1.807, 2.05) is 11.8 Å². The maximum atomic E-state index is 12.2. The fourth-order valence-electron chi connectivity index (χ4n) is 2.42. The Morgan fingerprint density at radius 3 is 2.88 bits per heavy atom. The van der Waals surface area contributed by atoms with Crippen LogP contribution in [0.4, 0.5) is 5.13 Å². The van der Waals surface area contributed by atoms with Crippen molar-refractivity contribution in [1.29, 1.82) is 0 Å². The molecule has 1 aliphatic rings.